The molecule has 0 spiro atoms. The Morgan fingerprint density at radius 3 is 2.47 bits per heavy atom. The van der Waals surface area contributed by atoms with Crippen molar-refractivity contribution in [3.8, 4) is 0 Å². The van der Waals surface area contributed by atoms with Gasteiger partial charge in [-0.15, -0.1) is 11.3 Å². The van der Waals surface area contributed by atoms with Crippen molar-refractivity contribution in [2.75, 3.05) is 6.54 Å². The van der Waals surface area contributed by atoms with E-state index in [-0.39, 0.29) is 0 Å². The average Bonchev–Trinajstić information content (AvgIpc) is 2.96. The zero-order valence-electron chi connectivity index (χ0n) is 11.0. The van der Waals surface area contributed by atoms with Crippen LogP contribution in [0.5, 0.6) is 0 Å². The summed E-state index contributed by atoms with van der Waals surface area (Å²) in [5.74, 6) is 0. The van der Waals surface area contributed by atoms with E-state index in [1.807, 2.05) is 11.3 Å². The summed E-state index contributed by atoms with van der Waals surface area (Å²) in [5.41, 5.74) is 6.38. The highest BCUT2D eigenvalue weighted by molar-refractivity contribution is 7.11. The Balaban J connectivity index is 1.90. The fourth-order valence-corrected chi connectivity index (χ4v) is 4.15. The van der Waals surface area contributed by atoms with Gasteiger partial charge in [0.15, 0.2) is 0 Å². The Labute approximate surface area is 109 Å². The smallest absolute Gasteiger partial charge is 0.00483 e. The molecule has 17 heavy (non-hydrogen) atoms. The van der Waals surface area contributed by atoms with Crippen molar-refractivity contribution in [1.82, 2.24) is 0 Å². The van der Waals surface area contributed by atoms with Crippen LogP contribution in [-0.2, 0) is 12.8 Å². The Bertz CT molecular complexity index is 336. The third-order valence-corrected chi connectivity index (χ3v) is 5.60. The predicted molar refractivity (Wildman–Crippen MR) is 76.6 cm³/mol. The monoisotopic (exact) mass is 251 g/mol. The molecular formula is C15H25NS. The molecule has 96 valence electrons. The van der Waals surface area contributed by atoms with Crippen molar-refractivity contribution >= 4 is 11.3 Å². The molecule has 1 fully saturated rings. The molecule has 1 nitrogen and oxygen atoms in total. The summed E-state index contributed by atoms with van der Waals surface area (Å²) in [4.78, 5) is 3.10. The number of rotatable bonds is 6. The van der Waals surface area contributed by atoms with Gasteiger partial charge in [0.05, 0.1) is 0 Å². The first-order chi connectivity index (χ1) is 8.28. The van der Waals surface area contributed by atoms with Gasteiger partial charge in [-0.25, -0.2) is 0 Å². The van der Waals surface area contributed by atoms with Crippen LogP contribution in [0.3, 0.4) is 0 Å². The molecule has 0 saturated heterocycles. The lowest BCUT2D eigenvalue weighted by molar-refractivity contribution is 0.254. The number of thiophene rings is 1. The highest BCUT2D eigenvalue weighted by Gasteiger charge is 2.32. The summed E-state index contributed by atoms with van der Waals surface area (Å²) in [6, 6.07) is 4.62. The quantitative estimate of drug-likeness (QED) is 0.807. The van der Waals surface area contributed by atoms with Gasteiger partial charge < -0.3 is 5.73 Å². The van der Waals surface area contributed by atoms with Gasteiger partial charge in [-0.2, -0.15) is 0 Å². The maximum absolute atomic E-state index is 5.79. The first kappa shape index (κ1) is 13.1. The zero-order valence-corrected chi connectivity index (χ0v) is 11.8. The first-order valence-corrected chi connectivity index (χ1v) is 7.87. The number of hydrogen-bond donors (Lipinski definition) is 1. The van der Waals surface area contributed by atoms with E-state index in [1.54, 1.807) is 4.88 Å². The number of nitrogens with two attached hydrogens (primary N) is 1. The summed E-state index contributed by atoms with van der Waals surface area (Å²) >= 11 is 2.00. The van der Waals surface area contributed by atoms with Crippen LogP contribution in [0, 0.1) is 5.41 Å². The third-order valence-electron chi connectivity index (χ3n) is 4.31. The van der Waals surface area contributed by atoms with Crippen molar-refractivity contribution in [3.63, 3.8) is 0 Å². The molecule has 0 bridgehead atoms. The van der Waals surface area contributed by atoms with E-state index < -0.39 is 0 Å². The topological polar surface area (TPSA) is 26.0 Å². The van der Waals surface area contributed by atoms with Gasteiger partial charge >= 0.3 is 0 Å². The van der Waals surface area contributed by atoms with E-state index in [0.29, 0.717) is 5.41 Å². The van der Waals surface area contributed by atoms with Crippen LogP contribution in [0.2, 0.25) is 0 Å². The summed E-state index contributed by atoms with van der Waals surface area (Å²) in [5, 5.41) is 0. The van der Waals surface area contributed by atoms with E-state index in [9.17, 15) is 0 Å². The van der Waals surface area contributed by atoms with Gasteiger partial charge in [0.1, 0.15) is 0 Å². The van der Waals surface area contributed by atoms with Gasteiger partial charge in [0.2, 0.25) is 0 Å². The Morgan fingerprint density at radius 1 is 1.18 bits per heavy atom. The van der Waals surface area contributed by atoms with Gasteiger partial charge in [0, 0.05) is 9.75 Å². The summed E-state index contributed by atoms with van der Waals surface area (Å²) in [7, 11) is 0. The van der Waals surface area contributed by atoms with E-state index in [1.165, 1.54) is 56.2 Å². The van der Waals surface area contributed by atoms with Crippen molar-refractivity contribution < 1.29 is 0 Å². The molecule has 1 aromatic rings. The van der Waals surface area contributed by atoms with Crippen LogP contribution in [-0.4, -0.2) is 6.54 Å². The van der Waals surface area contributed by atoms with Crippen molar-refractivity contribution in [3.05, 3.63) is 21.9 Å². The number of aryl methyl sites for hydroxylation is 2. The molecule has 0 aromatic carbocycles. The molecule has 0 aliphatic heterocycles. The number of hydrogen-bond acceptors (Lipinski definition) is 2. The van der Waals surface area contributed by atoms with Gasteiger partial charge in [0.25, 0.3) is 0 Å². The molecule has 1 aromatic heterocycles. The van der Waals surface area contributed by atoms with Gasteiger partial charge in [-0.1, -0.05) is 19.8 Å². The van der Waals surface area contributed by atoms with E-state index in [0.717, 1.165) is 6.54 Å². The third kappa shape index (κ3) is 3.32. The molecular weight excluding hydrogens is 226 g/mol. The van der Waals surface area contributed by atoms with Crippen LogP contribution < -0.4 is 5.73 Å². The second-order valence-electron chi connectivity index (χ2n) is 5.47. The lowest BCUT2D eigenvalue weighted by Crippen LogP contribution is -2.21. The zero-order chi connectivity index (χ0) is 12.1. The Morgan fingerprint density at radius 2 is 1.88 bits per heavy atom. The molecule has 2 rings (SSSR count). The van der Waals surface area contributed by atoms with Crippen molar-refractivity contribution in [2.24, 2.45) is 11.1 Å². The van der Waals surface area contributed by atoms with Crippen LogP contribution in [0.4, 0.5) is 0 Å². The summed E-state index contributed by atoms with van der Waals surface area (Å²) < 4.78 is 0. The largest absolute Gasteiger partial charge is 0.330 e. The van der Waals surface area contributed by atoms with E-state index >= 15 is 0 Å². The minimum atomic E-state index is 0.588. The standard InChI is InChI=1S/C15H25NS/c1-2-13-5-6-14(17-13)7-10-15(11-12-16)8-3-4-9-15/h5-6H,2-4,7-12,16H2,1H3. The second kappa shape index (κ2) is 6.01. The lowest BCUT2D eigenvalue weighted by Gasteiger charge is -2.28. The molecule has 1 aliphatic rings. The van der Waals surface area contributed by atoms with Crippen LogP contribution >= 0.6 is 11.3 Å². The van der Waals surface area contributed by atoms with Crippen LogP contribution in [0.1, 0.15) is 55.2 Å². The highest BCUT2D eigenvalue weighted by atomic mass is 32.1. The van der Waals surface area contributed by atoms with Gasteiger partial charge in [-0.3, -0.25) is 0 Å². The minimum absolute atomic E-state index is 0.588. The van der Waals surface area contributed by atoms with E-state index in [4.69, 9.17) is 5.73 Å². The summed E-state index contributed by atoms with van der Waals surface area (Å²) in [6.45, 7) is 3.10. The molecule has 0 atom stereocenters. The van der Waals surface area contributed by atoms with Crippen LogP contribution in [0.15, 0.2) is 12.1 Å². The summed E-state index contributed by atoms with van der Waals surface area (Å²) in [6.07, 6.45) is 10.7. The molecule has 2 N–H and O–H groups in total. The maximum atomic E-state index is 5.79. The molecule has 0 unspecified atom stereocenters. The molecule has 0 amide bonds. The van der Waals surface area contributed by atoms with E-state index in [2.05, 4.69) is 19.1 Å². The van der Waals surface area contributed by atoms with Gasteiger partial charge in [-0.05, 0) is 62.6 Å². The maximum Gasteiger partial charge on any atom is 0.00483 e. The molecule has 1 heterocycles. The second-order valence-corrected chi connectivity index (χ2v) is 6.72. The highest BCUT2D eigenvalue weighted by Crippen LogP contribution is 2.44. The average molecular weight is 251 g/mol. The SMILES string of the molecule is CCc1ccc(CCC2(CCN)CCCC2)s1. The minimum Gasteiger partial charge on any atom is -0.330 e. The lowest BCUT2D eigenvalue weighted by atomic mass is 9.78. The molecule has 0 radical (unpaired) electrons. The van der Waals surface area contributed by atoms with Crippen molar-refractivity contribution in [2.45, 2.75) is 58.3 Å². The van der Waals surface area contributed by atoms with Crippen LogP contribution in [0.25, 0.3) is 0 Å². The Hall–Kier alpha value is -0.340. The van der Waals surface area contributed by atoms with Crippen molar-refractivity contribution in [1.29, 1.82) is 0 Å². The normalized spacial score (nSPS) is 18.7. The molecule has 1 saturated carbocycles. The Kier molecular flexibility index (Phi) is 4.63. The first-order valence-electron chi connectivity index (χ1n) is 7.06. The molecule has 2 heteroatoms. The predicted octanol–water partition coefficient (Wildman–Crippen LogP) is 4.15. The molecule has 1 aliphatic carbocycles. The fourth-order valence-electron chi connectivity index (χ4n) is 3.19. The fraction of sp³-hybridized carbons (Fsp3) is 0.733.